The number of halogens is 2. The molecule has 0 aliphatic heterocycles. The quantitative estimate of drug-likeness (QED) is 0.830. The molecule has 23 heavy (non-hydrogen) atoms. The third kappa shape index (κ3) is 5.16. The maximum atomic E-state index is 11.9. The second kappa shape index (κ2) is 7.85. The molecule has 0 fully saturated rings. The summed E-state index contributed by atoms with van der Waals surface area (Å²) in [4.78, 5) is 23.3. The maximum absolute atomic E-state index is 11.9. The Kier molecular flexibility index (Phi) is 5.84. The number of benzene rings is 2. The van der Waals surface area contributed by atoms with E-state index in [2.05, 4.69) is 10.1 Å². The van der Waals surface area contributed by atoms with Crippen LogP contribution in [-0.4, -0.2) is 25.6 Å². The van der Waals surface area contributed by atoms with Gasteiger partial charge in [0.05, 0.1) is 12.7 Å². The van der Waals surface area contributed by atoms with Gasteiger partial charge in [-0.3, -0.25) is 4.79 Å². The molecule has 7 heteroatoms. The van der Waals surface area contributed by atoms with Gasteiger partial charge >= 0.3 is 5.97 Å². The van der Waals surface area contributed by atoms with Crippen LogP contribution >= 0.6 is 23.2 Å². The normalized spacial score (nSPS) is 10.0. The molecule has 0 bridgehead atoms. The lowest BCUT2D eigenvalue weighted by molar-refractivity contribution is -0.118. The molecule has 0 aliphatic carbocycles. The van der Waals surface area contributed by atoms with Gasteiger partial charge in [-0.15, -0.1) is 0 Å². The smallest absolute Gasteiger partial charge is 0.337 e. The first-order valence-corrected chi connectivity index (χ1v) is 7.30. The first kappa shape index (κ1) is 17.1. The van der Waals surface area contributed by atoms with Crippen LogP contribution in [0, 0.1) is 0 Å². The molecule has 0 saturated carbocycles. The van der Waals surface area contributed by atoms with Crippen LogP contribution in [0.5, 0.6) is 5.75 Å². The van der Waals surface area contributed by atoms with E-state index in [9.17, 15) is 9.59 Å². The molecule has 0 unspecified atom stereocenters. The van der Waals surface area contributed by atoms with Crippen LogP contribution in [0.15, 0.2) is 42.5 Å². The van der Waals surface area contributed by atoms with E-state index < -0.39 is 5.97 Å². The Bertz CT molecular complexity index is 714. The van der Waals surface area contributed by atoms with Crippen molar-refractivity contribution in [3.8, 4) is 5.75 Å². The summed E-state index contributed by atoms with van der Waals surface area (Å²) >= 11 is 11.7. The van der Waals surface area contributed by atoms with Gasteiger partial charge in [-0.2, -0.15) is 0 Å². The van der Waals surface area contributed by atoms with Gasteiger partial charge in [0.1, 0.15) is 5.75 Å². The monoisotopic (exact) mass is 353 g/mol. The van der Waals surface area contributed by atoms with Gasteiger partial charge in [0.25, 0.3) is 5.91 Å². The third-order valence-electron chi connectivity index (χ3n) is 2.77. The number of ether oxygens (including phenoxy) is 2. The highest BCUT2D eigenvalue weighted by molar-refractivity contribution is 6.35. The van der Waals surface area contributed by atoms with E-state index >= 15 is 0 Å². The number of anilines is 1. The second-order valence-corrected chi connectivity index (χ2v) is 5.39. The highest BCUT2D eigenvalue weighted by atomic mass is 35.5. The van der Waals surface area contributed by atoms with Crippen molar-refractivity contribution in [1.82, 2.24) is 0 Å². The lowest BCUT2D eigenvalue weighted by Crippen LogP contribution is -2.20. The molecule has 1 amide bonds. The van der Waals surface area contributed by atoms with Crippen LogP contribution in [-0.2, 0) is 9.53 Å². The number of carbonyl (C=O) groups excluding carboxylic acids is 2. The van der Waals surface area contributed by atoms with Gasteiger partial charge in [-0.05, 0) is 36.4 Å². The van der Waals surface area contributed by atoms with Gasteiger partial charge < -0.3 is 14.8 Å². The van der Waals surface area contributed by atoms with Crippen molar-refractivity contribution in [2.75, 3.05) is 19.0 Å². The summed E-state index contributed by atoms with van der Waals surface area (Å²) in [6.07, 6.45) is 0. The Morgan fingerprint density at radius 3 is 2.43 bits per heavy atom. The fourth-order valence-corrected chi connectivity index (χ4v) is 2.33. The van der Waals surface area contributed by atoms with Crippen LogP contribution in [0.4, 0.5) is 5.69 Å². The van der Waals surface area contributed by atoms with E-state index in [1.54, 1.807) is 36.4 Å². The zero-order valence-electron chi connectivity index (χ0n) is 12.1. The molecule has 0 atom stereocenters. The van der Waals surface area contributed by atoms with Crippen molar-refractivity contribution >= 4 is 40.8 Å². The highest BCUT2D eigenvalue weighted by Crippen LogP contribution is 2.22. The van der Waals surface area contributed by atoms with Crippen molar-refractivity contribution in [3.05, 3.63) is 58.1 Å². The SMILES string of the molecule is COC(=O)c1cccc(OCC(=O)Nc2cc(Cl)cc(Cl)c2)c1. The molecule has 2 aromatic rings. The van der Waals surface area contributed by atoms with E-state index in [0.717, 1.165) is 0 Å². The van der Waals surface area contributed by atoms with Crippen molar-refractivity contribution in [1.29, 1.82) is 0 Å². The minimum Gasteiger partial charge on any atom is -0.484 e. The van der Waals surface area contributed by atoms with E-state index in [4.69, 9.17) is 27.9 Å². The van der Waals surface area contributed by atoms with Gasteiger partial charge in [-0.25, -0.2) is 4.79 Å². The Morgan fingerprint density at radius 2 is 1.78 bits per heavy atom. The molecule has 0 saturated heterocycles. The molecule has 0 radical (unpaired) electrons. The minimum absolute atomic E-state index is 0.227. The van der Waals surface area contributed by atoms with Gasteiger partial charge in [-0.1, -0.05) is 29.3 Å². The summed E-state index contributed by atoms with van der Waals surface area (Å²) in [5.74, 6) is -0.479. The van der Waals surface area contributed by atoms with E-state index in [-0.39, 0.29) is 12.5 Å². The van der Waals surface area contributed by atoms with Crippen LogP contribution in [0.25, 0.3) is 0 Å². The molecule has 5 nitrogen and oxygen atoms in total. The maximum Gasteiger partial charge on any atom is 0.337 e. The summed E-state index contributed by atoms with van der Waals surface area (Å²) in [5.41, 5.74) is 0.812. The Labute approximate surface area is 143 Å². The molecule has 120 valence electrons. The Morgan fingerprint density at radius 1 is 1.09 bits per heavy atom. The molecular weight excluding hydrogens is 341 g/mol. The summed E-state index contributed by atoms with van der Waals surface area (Å²) in [6.45, 7) is -0.227. The van der Waals surface area contributed by atoms with Crippen LogP contribution in [0.1, 0.15) is 10.4 Å². The second-order valence-electron chi connectivity index (χ2n) is 4.51. The number of nitrogens with one attached hydrogen (secondary N) is 1. The number of hydrogen-bond acceptors (Lipinski definition) is 4. The summed E-state index contributed by atoms with van der Waals surface area (Å²) < 4.78 is 9.97. The zero-order valence-corrected chi connectivity index (χ0v) is 13.6. The third-order valence-corrected chi connectivity index (χ3v) is 3.21. The molecule has 1 N–H and O–H groups in total. The average molecular weight is 354 g/mol. The van der Waals surface area contributed by atoms with Crippen LogP contribution < -0.4 is 10.1 Å². The van der Waals surface area contributed by atoms with E-state index in [0.29, 0.717) is 27.0 Å². The predicted molar refractivity (Wildman–Crippen MR) is 88.4 cm³/mol. The Balaban J connectivity index is 1.95. The van der Waals surface area contributed by atoms with Crippen molar-refractivity contribution < 1.29 is 19.1 Å². The standard InChI is InChI=1S/C16H13Cl2NO4/c1-22-16(21)10-3-2-4-14(5-10)23-9-15(20)19-13-7-11(17)6-12(18)8-13/h2-8H,9H2,1H3,(H,19,20). The van der Waals surface area contributed by atoms with Crippen molar-refractivity contribution in [3.63, 3.8) is 0 Å². The number of amides is 1. The van der Waals surface area contributed by atoms with Crippen molar-refractivity contribution in [2.24, 2.45) is 0 Å². The van der Waals surface area contributed by atoms with Crippen LogP contribution in [0.3, 0.4) is 0 Å². The number of hydrogen-bond donors (Lipinski definition) is 1. The number of esters is 1. The predicted octanol–water partition coefficient (Wildman–Crippen LogP) is 3.80. The first-order valence-electron chi connectivity index (χ1n) is 6.55. The van der Waals surface area contributed by atoms with Gasteiger partial charge in [0.2, 0.25) is 0 Å². The zero-order chi connectivity index (χ0) is 16.8. The fraction of sp³-hybridized carbons (Fsp3) is 0.125. The molecule has 0 aliphatic rings. The molecular formula is C16H13Cl2NO4. The minimum atomic E-state index is -0.478. The molecule has 0 aromatic heterocycles. The Hall–Kier alpha value is -2.24. The molecule has 2 rings (SSSR count). The lowest BCUT2D eigenvalue weighted by atomic mass is 10.2. The van der Waals surface area contributed by atoms with E-state index in [1.165, 1.54) is 13.2 Å². The lowest BCUT2D eigenvalue weighted by Gasteiger charge is -2.09. The van der Waals surface area contributed by atoms with Crippen LogP contribution in [0.2, 0.25) is 10.0 Å². The van der Waals surface area contributed by atoms with Crippen molar-refractivity contribution in [2.45, 2.75) is 0 Å². The molecule has 2 aromatic carbocycles. The topological polar surface area (TPSA) is 64.6 Å². The largest absolute Gasteiger partial charge is 0.484 e. The summed E-state index contributed by atoms with van der Waals surface area (Å²) in [6, 6.07) is 11.1. The average Bonchev–Trinajstić information content (AvgIpc) is 2.51. The fourth-order valence-electron chi connectivity index (χ4n) is 1.80. The first-order chi connectivity index (χ1) is 11.0. The molecule has 0 heterocycles. The van der Waals surface area contributed by atoms with Gasteiger partial charge in [0, 0.05) is 15.7 Å². The summed E-state index contributed by atoms with van der Waals surface area (Å²) in [7, 11) is 1.29. The highest BCUT2D eigenvalue weighted by Gasteiger charge is 2.08. The molecule has 0 spiro atoms. The summed E-state index contributed by atoms with van der Waals surface area (Å²) in [5, 5.41) is 3.45. The number of methoxy groups -OCH3 is 1. The number of carbonyl (C=O) groups is 2. The number of rotatable bonds is 5. The van der Waals surface area contributed by atoms with E-state index in [1.807, 2.05) is 0 Å². The van der Waals surface area contributed by atoms with Gasteiger partial charge in [0.15, 0.2) is 6.61 Å².